The summed E-state index contributed by atoms with van der Waals surface area (Å²) in [7, 11) is 0. The van der Waals surface area contributed by atoms with Crippen molar-refractivity contribution in [2.75, 3.05) is 5.32 Å². The summed E-state index contributed by atoms with van der Waals surface area (Å²) in [6, 6.07) is 22.4. The van der Waals surface area contributed by atoms with Gasteiger partial charge in [-0.25, -0.2) is 4.98 Å². The van der Waals surface area contributed by atoms with Crippen LogP contribution in [0, 0.1) is 0 Å². The molecule has 0 saturated carbocycles. The standard InChI is InChI=1S/C20H13BrN2O2S/c21-16-7-4-8-17-18(16)22-20(26-17)23-19(24)13-9-11-15(12-10-13)25-14-5-2-1-3-6-14/h1-12H,(H,22,23,24). The highest BCUT2D eigenvalue weighted by Crippen LogP contribution is 2.31. The predicted molar refractivity (Wildman–Crippen MR) is 108 cm³/mol. The van der Waals surface area contributed by atoms with Crippen molar-refractivity contribution in [3.05, 3.63) is 82.8 Å². The molecule has 4 nitrogen and oxygen atoms in total. The number of anilines is 1. The first-order valence-electron chi connectivity index (χ1n) is 7.88. The number of aromatic nitrogens is 1. The molecule has 0 atom stereocenters. The number of para-hydroxylation sites is 2. The molecule has 1 heterocycles. The molecule has 0 fully saturated rings. The van der Waals surface area contributed by atoms with E-state index in [9.17, 15) is 4.79 Å². The normalized spacial score (nSPS) is 10.7. The summed E-state index contributed by atoms with van der Waals surface area (Å²) in [6.07, 6.45) is 0. The van der Waals surface area contributed by atoms with E-state index in [1.165, 1.54) is 11.3 Å². The molecule has 0 unspecified atom stereocenters. The van der Waals surface area contributed by atoms with Gasteiger partial charge < -0.3 is 4.74 Å². The Morgan fingerprint density at radius 2 is 1.65 bits per heavy atom. The SMILES string of the molecule is O=C(Nc1nc2c(Br)cccc2s1)c1ccc(Oc2ccccc2)cc1. The Bertz CT molecular complexity index is 1060. The number of amides is 1. The second-order valence-corrected chi connectivity index (χ2v) is 7.38. The van der Waals surface area contributed by atoms with Gasteiger partial charge in [0.25, 0.3) is 5.91 Å². The average Bonchev–Trinajstić information content (AvgIpc) is 3.07. The van der Waals surface area contributed by atoms with Crippen molar-refractivity contribution in [1.29, 1.82) is 0 Å². The van der Waals surface area contributed by atoms with Crippen LogP contribution in [-0.4, -0.2) is 10.9 Å². The number of ether oxygens (including phenoxy) is 1. The van der Waals surface area contributed by atoms with Gasteiger partial charge in [0.15, 0.2) is 5.13 Å². The Morgan fingerprint density at radius 1 is 0.923 bits per heavy atom. The summed E-state index contributed by atoms with van der Waals surface area (Å²) in [5, 5.41) is 3.42. The molecular weight excluding hydrogens is 412 g/mol. The minimum absolute atomic E-state index is 0.202. The zero-order chi connectivity index (χ0) is 17.9. The van der Waals surface area contributed by atoms with Gasteiger partial charge in [0, 0.05) is 10.0 Å². The largest absolute Gasteiger partial charge is 0.457 e. The second-order valence-electron chi connectivity index (χ2n) is 5.50. The molecule has 0 spiro atoms. The zero-order valence-electron chi connectivity index (χ0n) is 13.5. The molecule has 0 aliphatic carbocycles. The molecule has 1 amide bonds. The van der Waals surface area contributed by atoms with Crippen molar-refractivity contribution < 1.29 is 9.53 Å². The number of halogens is 1. The van der Waals surface area contributed by atoms with Gasteiger partial charge in [-0.15, -0.1) is 0 Å². The van der Waals surface area contributed by atoms with E-state index in [4.69, 9.17) is 4.74 Å². The summed E-state index contributed by atoms with van der Waals surface area (Å²) in [6.45, 7) is 0. The number of fused-ring (bicyclic) bond motifs is 1. The Morgan fingerprint density at radius 3 is 2.38 bits per heavy atom. The van der Waals surface area contributed by atoms with Crippen LogP contribution >= 0.6 is 27.3 Å². The van der Waals surface area contributed by atoms with Gasteiger partial charge in [0.05, 0.1) is 10.2 Å². The molecule has 1 aromatic heterocycles. The van der Waals surface area contributed by atoms with Crippen LogP contribution in [0.4, 0.5) is 5.13 Å². The third-order valence-corrected chi connectivity index (χ3v) is 5.26. The van der Waals surface area contributed by atoms with Gasteiger partial charge in [0.2, 0.25) is 0 Å². The van der Waals surface area contributed by atoms with Crippen LogP contribution < -0.4 is 10.1 Å². The number of nitrogens with one attached hydrogen (secondary N) is 1. The fourth-order valence-electron chi connectivity index (χ4n) is 2.44. The summed E-state index contributed by atoms with van der Waals surface area (Å²) in [5.74, 6) is 1.23. The van der Waals surface area contributed by atoms with Crippen molar-refractivity contribution in [2.45, 2.75) is 0 Å². The summed E-state index contributed by atoms with van der Waals surface area (Å²) in [4.78, 5) is 16.9. The molecule has 0 aliphatic rings. The highest BCUT2D eigenvalue weighted by atomic mass is 79.9. The number of nitrogens with zero attached hydrogens (tertiary/aromatic N) is 1. The fraction of sp³-hybridized carbons (Fsp3) is 0. The van der Waals surface area contributed by atoms with E-state index in [1.54, 1.807) is 24.3 Å². The molecule has 0 saturated heterocycles. The Balaban J connectivity index is 1.48. The van der Waals surface area contributed by atoms with E-state index in [1.807, 2.05) is 48.5 Å². The first kappa shape index (κ1) is 16.8. The number of thiazole rings is 1. The van der Waals surface area contributed by atoms with E-state index in [0.717, 1.165) is 20.4 Å². The first-order chi connectivity index (χ1) is 12.7. The van der Waals surface area contributed by atoms with Crippen LogP contribution in [0.1, 0.15) is 10.4 Å². The first-order valence-corrected chi connectivity index (χ1v) is 9.49. The van der Waals surface area contributed by atoms with E-state index in [-0.39, 0.29) is 5.91 Å². The molecule has 6 heteroatoms. The Hall–Kier alpha value is -2.70. The van der Waals surface area contributed by atoms with Crippen molar-refractivity contribution in [3.8, 4) is 11.5 Å². The van der Waals surface area contributed by atoms with E-state index in [0.29, 0.717) is 16.4 Å². The monoisotopic (exact) mass is 424 g/mol. The van der Waals surface area contributed by atoms with Crippen LogP contribution in [0.3, 0.4) is 0 Å². The number of hydrogen-bond donors (Lipinski definition) is 1. The summed E-state index contributed by atoms with van der Waals surface area (Å²) in [5.41, 5.74) is 1.39. The molecule has 0 radical (unpaired) electrons. The Labute approximate surface area is 162 Å². The van der Waals surface area contributed by atoms with Crippen molar-refractivity contribution in [2.24, 2.45) is 0 Å². The van der Waals surface area contributed by atoms with Crippen LogP contribution in [0.25, 0.3) is 10.2 Å². The molecule has 0 bridgehead atoms. The molecule has 128 valence electrons. The lowest BCUT2D eigenvalue weighted by Crippen LogP contribution is -2.11. The minimum Gasteiger partial charge on any atom is -0.457 e. The number of benzene rings is 3. The molecule has 0 aliphatic heterocycles. The summed E-state index contributed by atoms with van der Waals surface area (Å²) < 4.78 is 7.66. The third-order valence-electron chi connectivity index (χ3n) is 3.69. The van der Waals surface area contributed by atoms with Gasteiger partial charge in [-0.3, -0.25) is 10.1 Å². The minimum atomic E-state index is -0.202. The number of hydrogen-bond acceptors (Lipinski definition) is 4. The van der Waals surface area contributed by atoms with Gasteiger partial charge in [-0.1, -0.05) is 35.6 Å². The lowest BCUT2D eigenvalue weighted by molar-refractivity contribution is 0.102. The predicted octanol–water partition coefficient (Wildman–Crippen LogP) is 6.10. The second kappa shape index (κ2) is 7.27. The molecule has 1 N–H and O–H groups in total. The Kier molecular flexibility index (Phi) is 4.69. The molecular formula is C20H13BrN2O2S. The van der Waals surface area contributed by atoms with Crippen LogP contribution in [0.5, 0.6) is 11.5 Å². The molecule has 4 aromatic rings. The maximum Gasteiger partial charge on any atom is 0.257 e. The molecule has 3 aromatic carbocycles. The number of carbonyl (C=O) groups excluding carboxylic acids is 1. The van der Waals surface area contributed by atoms with E-state index >= 15 is 0 Å². The van der Waals surface area contributed by atoms with Gasteiger partial charge >= 0.3 is 0 Å². The number of carbonyl (C=O) groups is 1. The fourth-order valence-corrected chi connectivity index (χ4v) is 3.91. The molecule has 26 heavy (non-hydrogen) atoms. The molecule has 4 rings (SSSR count). The smallest absolute Gasteiger partial charge is 0.257 e. The maximum absolute atomic E-state index is 12.4. The third kappa shape index (κ3) is 3.61. The van der Waals surface area contributed by atoms with Gasteiger partial charge in [0.1, 0.15) is 11.5 Å². The van der Waals surface area contributed by atoms with Crippen molar-refractivity contribution in [3.63, 3.8) is 0 Å². The quantitative estimate of drug-likeness (QED) is 0.430. The zero-order valence-corrected chi connectivity index (χ0v) is 15.9. The average molecular weight is 425 g/mol. The lowest BCUT2D eigenvalue weighted by atomic mass is 10.2. The van der Waals surface area contributed by atoms with Crippen LogP contribution in [-0.2, 0) is 0 Å². The summed E-state index contributed by atoms with van der Waals surface area (Å²) >= 11 is 4.92. The van der Waals surface area contributed by atoms with Crippen LogP contribution in [0.15, 0.2) is 77.3 Å². The van der Waals surface area contributed by atoms with Crippen LogP contribution in [0.2, 0.25) is 0 Å². The van der Waals surface area contributed by atoms with Gasteiger partial charge in [-0.05, 0) is 64.5 Å². The van der Waals surface area contributed by atoms with Gasteiger partial charge in [-0.2, -0.15) is 0 Å². The maximum atomic E-state index is 12.4. The number of rotatable bonds is 4. The highest BCUT2D eigenvalue weighted by Gasteiger charge is 2.11. The van der Waals surface area contributed by atoms with Crippen molar-refractivity contribution >= 4 is 48.5 Å². The van der Waals surface area contributed by atoms with Crippen molar-refractivity contribution in [1.82, 2.24) is 4.98 Å². The lowest BCUT2D eigenvalue weighted by Gasteiger charge is -2.06. The van der Waals surface area contributed by atoms with E-state index in [2.05, 4.69) is 26.2 Å². The van der Waals surface area contributed by atoms with E-state index < -0.39 is 0 Å². The topological polar surface area (TPSA) is 51.2 Å². The highest BCUT2D eigenvalue weighted by molar-refractivity contribution is 9.10.